The first kappa shape index (κ1) is 20.8. The average Bonchev–Trinajstić information content (AvgIpc) is 3.33. The minimum Gasteiger partial charge on any atom is -0.324 e. The number of anilines is 2. The van der Waals surface area contributed by atoms with Crippen molar-refractivity contribution < 1.29 is 14.4 Å². The topological polar surface area (TPSA) is 78.5 Å². The highest BCUT2D eigenvalue weighted by Crippen LogP contribution is 2.54. The summed E-state index contributed by atoms with van der Waals surface area (Å²) in [5.74, 6) is -1.71. The largest absolute Gasteiger partial charge is 0.324 e. The van der Waals surface area contributed by atoms with Gasteiger partial charge in [0, 0.05) is 17.3 Å². The number of halogens is 2. The van der Waals surface area contributed by atoms with Crippen LogP contribution in [0.1, 0.15) is 12.0 Å². The van der Waals surface area contributed by atoms with Crippen LogP contribution < -0.4 is 15.5 Å². The van der Waals surface area contributed by atoms with Crippen molar-refractivity contribution in [3.05, 3.63) is 58.1 Å². The molecule has 9 heteroatoms. The van der Waals surface area contributed by atoms with Crippen molar-refractivity contribution in [2.45, 2.75) is 18.0 Å². The van der Waals surface area contributed by atoms with E-state index >= 15 is 0 Å². The first-order valence-electron chi connectivity index (χ1n) is 9.90. The van der Waals surface area contributed by atoms with E-state index in [1.807, 2.05) is 30.5 Å². The Morgan fingerprint density at radius 1 is 1.06 bits per heavy atom. The van der Waals surface area contributed by atoms with Crippen LogP contribution in [0, 0.1) is 11.8 Å². The number of amides is 3. The van der Waals surface area contributed by atoms with Gasteiger partial charge in [-0.3, -0.25) is 19.7 Å². The lowest BCUT2D eigenvalue weighted by atomic mass is 9.76. The Balaban J connectivity index is 1.65. The zero-order valence-electron chi connectivity index (χ0n) is 16.5. The summed E-state index contributed by atoms with van der Waals surface area (Å²) in [6.07, 6.45) is 2.65. The highest BCUT2D eigenvalue weighted by atomic mass is 35.5. The van der Waals surface area contributed by atoms with Gasteiger partial charge in [-0.05, 0) is 42.7 Å². The number of rotatable bonds is 4. The van der Waals surface area contributed by atoms with Crippen molar-refractivity contribution in [1.82, 2.24) is 5.32 Å². The first-order valence-corrected chi connectivity index (χ1v) is 12.1. The lowest BCUT2D eigenvalue weighted by Gasteiger charge is -2.29. The molecule has 5 rings (SSSR count). The lowest BCUT2D eigenvalue weighted by molar-refractivity contribution is -0.130. The molecule has 0 aliphatic carbocycles. The number of thioether (sulfide) groups is 1. The van der Waals surface area contributed by atoms with Gasteiger partial charge in [0.15, 0.2) is 0 Å². The number of nitrogens with zero attached hydrogens (tertiary/aromatic N) is 1. The highest BCUT2D eigenvalue weighted by Gasteiger charge is 2.70. The van der Waals surface area contributed by atoms with Crippen molar-refractivity contribution in [2.24, 2.45) is 11.8 Å². The van der Waals surface area contributed by atoms with Crippen LogP contribution in [0.25, 0.3) is 0 Å². The van der Waals surface area contributed by atoms with E-state index in [4.69, 9.17) is 23.2 Å². The van der Waals surface area contributed by atoms with Gasteiger partial charge in [0.05, 0.1) is 27.6 Å². The predicted molar refractivity (Wildman–Crippen MR) is 123 cm³/mol. The number of imide groups is 1. The predicted octanol–water partition coefficient (Wildman–Crippen LogP) is 3.67. The van der Waals surface area contributed by atoms with E-state index in [-0.39, 0.29) is 22.9 Å². The van der Waals surface area contributed by atoms with Crippen LogP contribution in [0.3, 0.4) is 0 Å². The molecule has 0 radical (unpaired) electrons. The molecule has 3 aliphatic heterocycles. The maximum atomic E-state index is 13.7. The zero-order chi connectivity index (χ0) is 21.9. The Hall–Kier alpha value is -2.06. The zero-order valence-corrected chi connectivity index (χ0v) is 18.9. The number of hydrogen-bond acceptors (Lipinski definition) is 5. The van der Waals surface area contributed by atoms with Gasteiger partial charge in [0.2, 0.25) is 17.7 Å². The van der Waals surface area contributed by atoms with Gasteiger partial charge in [-0.15, -0.1) is 0 Å². The smallest absolute Gasteiger partial charge is 0.250 e. The van der Waals surface area contributed by atoms with Gasteiger partial charge in [-0.2, -0.15) is 11.8 Å². The lowest BCUT2D eigenvalue weighted by Crippen LogP contribution is -2.53. The molecule has 4 atom stereocenters. The van der Waals surface area contributed by atoms with Gasteiger partial charge in [-0.1, -0.05) is 41.4 Å². The molecule has 0 unspecified atom stereocenters. The molecule has 1 spiro atoms. The Morgan fingerprint density at radius 2 is 1.84 bits per heavy atom. The maximum Gasteiger partial charge on any atom is 0.250 e. The molecule has 2 N–H and O–H groups in total. The number of fused-ring (bicyclic) bond motifs is 4. The van der Waals surface area contributed by atoms with Gasteiger partial charge in [-0.25, -0.2) is 4.90 Å². The summed E-state index contributed by atoms with van der Waals surface area (Å²) in [6.45, 7) is 0. The highest BCUT2D eigenvalue weighted by molar-refractivity contribution is 7.98. The average molecular weight is 476 g/mol. The Morgan fingerprint density at radius 3 is 2.58 bits per heavy atom. The molecule has 2 aromatic carbocycles. The molecule has 2 saturated heterocycles. The van der Waals surface area contributed by atoms with Crippen LogP contribution in [0.2, 0.25) is 10.0 Å². The molecule has 3 amide bonds. The van der Waals surface area contributed by atoms with Gasteiger partial charge in [0.1, 0.15) is 5.54 Å². The fraction of sp³-hybridized carbons (Fsp3) is 0.318. The number of benzene rings is 2. The molecule has 3 heterocycles. The van der Waals surface area contributed by atoms with E-state index in [1.54, 1.807) is 23.9 Å². The minimum absolute atomic E-state index is 0.257. The van der Waals surface area contributed by atoms with E-state index in [9.17, 15) is 14.4 Å². The van der Waals surface area contributed by atoms with E-state index in [0.717, 1.165) is 5.75 Å². The summed E-state index contributed by atoms with van der Waals surface area (Å²) < 4.78 is 0. The standard InChI is InChI=1S/C22H19Cl2N3O3S/c1-31-9-8-16-17-18(22(26-16)12-4-2-3-5-15(12)25-21(22)30)20(29)27(19(17)28)11-6-7-13(23)14(24)10-11/h2-7,10,16-18,26H,8-9H2,1H3,(H,25,30)/t16-,17+,18-,22-/m0/s1. The maximum absolute atomic E-state index is 13.7. The second-order valence-corrected chi connectivity index (χ2v) is 9.75. The van der Waals surface area contributed by atoms with Gasteiger partial charge < -0.3 is 5.32 Å². The molecular weight excluding hydrogens is 457 g/mol. The van der Waals surface area contributed by atoms with Crippen molar-refractivity contribution in [3.8, 4) is 0 Å². The van der Waals surface area contributed by atoms with E-state index < -0.39 is 23.3 Å². The fourth-order valence-corrected chi connectivity index (χ4v) is 5.91. The van der Waals surface area contributed by atoms with Crippen LogP contribution in [0.15, 0.2) is 42.5 Å². The molecule has 0 saturated carbocycles. The summed E-state index contributed by atoms with van der Waals surface area (Å²) in [7, 11) is 0. The third-order valence-electron chi connectivity index (χ3n) is 6.42. The molecule has 2 aromatic rings. The van der Waals surface area contributed by atoms with Crippen LogP contribution in [-0.4, -0.2) is 35.8 Å². The summed E-state index contributed by atoms with van der Waals surface area (Å²) in [5.41, 5.74) is 0.461. The van der Waals surface area contributed by atoms with E-state index in [1.165, 1.54) is 11.0 Å². The van der Waals surface area contributed by atoms with Crippen LogP contribution in [0.4, 0.5) is 11.4 Å². The third kappa shape index (κ3) is 2.87. The van der Waals surface area contributed by atoms with Gasteiger partial charge >= 0.3 is 0 Å². The quantitative estimate of drug-likeness (QED) is 0.659. The normalized spacial score (nSPS) is 28.9. The Labute approximate surface area is 193 Å². The van der Waals surface area contributed by atoms with E-state index in [0.29, 0.717) is 28.4 Å². The second-order valence-electron chi connectivity index (χ2n) is 7.95. The van der Waals surface area contributed by atoms with Crippen LogP contribution in [0.5, 0.6) is 0 Å². The second kappa shape index (κ2) is 7.52. The number of nitrogens with one attached hydrogen (secondary N) is 2. The first-order chi connectivity index (χ1) is 14.9. The monoisotopic (exact) mass is 475 g/mol. The molecule has 2 fully saturated rings. The van der Waals surface area contributed by atoms with Crippen molar-refractivity contribution in [1.29, 1.82) is 0 Å². The summed E-state index contributed by atoms with van der Waals surface area (Å²) in [4.78, 5) is 41.8. The molecule has 3 aliphatic rings. The van der Waals surface area contributed by atoms with Crippen molar-refractivity contribution in [3.63, 3.8) is 0 Å². The molecule has 31 heavy (non-hydrogen) atoms. The number of para-hydroxylation sites is 1. The summed E-state index contributed by atoms with van der Waals surface area (Å²) in [5, 5.41) is 6.92. The van der Waals surface area contributed by atoms with Crippen molar-refractivity contribution in [2.75, 3.05) is 22.2 Å². The Bertz CT molecular complexity index is 1130. The van der Waals surface area contributed by atoms with E-state index in [2.05, 4.69) is 10.6 Å². The number of carbonyl (C=O) groups excluding carboxylic acids is 3. The summed E-state index contributed by atoms with van der Waals surface area (Å²) in [6, 6.07) is 11.7. The molecule has 0 aromatic heterocycles. The van der Waals surface area contributed by atoms with Gasteiger partial charge in [0.25, 0.3) is 0 Å². The number of hydrogen-bond donors (Lipinski definition) is 2. The molecule has 160 valence electrons. The molecular formula is C22H19Cl2N3O3S. The van der Waals surface area contributed by atoms with Crippen molar-refractivity contribution >= 4 is 64.1 Å². The molecule has 0 bridgehead atoms. The SMILES string of the molecule is CSCC[C@@H]1N[C@]2(C(=O)Nc3ccccc32)[C@@H]2C(=O)N(c3ccc(Cl)c(Cl)c3)C(=O)[C@H]12. The Kier molecular flexibility index (Phi) is 5.05. The summed E-state index contributed by atoms with van der Waals surface area (Å²) >= 11 is 13.8. The van der Waals surface area contributed by atoms with Crippen LogP contribution >= 0.6 is 35.0 Å². The third-order valence-corrected chi connectivity index (χ3v) is 7.80. The minimum atomic E-state index is -1.28. The fourth-order valence-electron chi connectivity index (χ4n) is 5.13. The van der Waals surface area contributed by atoms with Crippen LogP contribution in [-0.2, 0) is 19.9 Å². The molecule has 6 nitrogen and oxygen atoms in total. The number of carbonyl (C=O) groups is 3.